The first-order chi connectivity index (χ1) is 18.4. The number of rotatable bonds is 13. The summed E-state index contributed by atoms with van der Waals surface area (Å²) in [7, 11) is 0. The average molecular weight is 564 g/mol. The molecule has 216 valence electrons. The molecule has 1 rings (SSSR count). The van der Waals surface area contributed by atoms with Crippen LogP contribution < -0.4 is 14.2 Å². The Bertz CT molecular complexity index is 1070. The normalized spacial score (nSPS) is 14.1. The molecular weight excluding hydrogens is 540 g/mol. The molecule has 0 saturated heterocycles. The maximum Gasteiger partial charge on any atom is 0.386 e. The second-order valence-corrected chi connectivity index (χ2v) is 7.01. The largest absolute Gasteiger partial charge is 0.420 e. The van der Waals surface area contributed by atoms with Crippen molar-refractivity contribution < 1.29 is 88.8 Å². The van der Waals surface area contributed by atoms with Crippen molar-refractivity contribution in [3.63, 3.8) is 0 Å². The maximum absolute atomic E-state index is 12.2. The van der Waals surface area contributed by atoms with Gasteiger partial charge >= 0.3 is 29.8 Å². The van der Waals surface area contributed by atoms with E-state index in [9.17, 15) is 39.3 Å². The Balaban J connectivity index is 3.56. The predicted octanol–water partition coefficient (Wildman–Crippen LogP) is -5.17. The lowest BCUT2D eigenvalue weighted by atomic mass is 10.1. The van der Waals surface area contributed by atoms with Gasteiger partial charge in [-0.15, -0.1) is 0 Å². The van der Waals surface area contributed by atoms with Crippen LogP contribution in [-0.2, 0) is 33.7 Å². The molecule has 0 aliphatic heterocycles. The van der Waals surface area contributed by atoms with Crippen molar-refractivity contribution in [2.75, 3.05) is 26.4 Å². The van der Waals surface area contributed by atoms with Gasteiger partial charge in [0.1, 0.15) is 0 Å². The monoisotopic (exact) mass is 564 g/mol. The molecule has 18 nitrogen and oxygen atoms in total. The van der Waals surface area contributed by atoms with Gasteiger partial charge in [0.05, 0.1) is 26.4 Å². The van der Waals surface area contributed by atoms with Gasteiger partial charge < -0.3 is 55.1 Å². The third-order valence-corrected chi connectivity index (χ3v) is 4.11. The fourth-order valence-electron chi connectivity index (χ4n) is 2.11. The Kier molecular flexibility index (Phi) is 13.6. The maximum atomic E-state index is 12.2. The molecular formula is C21H24O18. The van der Waals surface area contributed by atoms with Crippen LogP contribution >= 0.6 is 0 Å². The molecule has 39 heavy (non-hydrogen) atoms. The zero-order valence-corrected chi connectivity index (χ0v) is 19.6. The van der Waals surface area contributed by atoms with Crippen molar-refractivity contribution >= 4 is 35.9 Å². The zero-order valence-electron chi connectivity index (χ0n) is 19.6. The number of carbonyl (C=O) groups is 5. The quantitative estimate of drug-likeness (QED) is 0.0365. The number of aliphatic hydroxyl groups is 8. The summed E-state index contributed by atoms with van der Waals surface area (Å²) in [5.74, 6) is -10.3. The molecule has 18 heteroatoms. The van der Waals surface area contributed by atoms with Crippen molar-refractivity contribution in [1.82, 2.24) is 0 Å². The van der Waals surface area contributed by atoms with Crippen LogP contribution in [0.5, 0.6) is 17.2 Å². The lowest BCUT2D eigenvalue weighted by Gasteiger charge is -2.18. The van der Waals surface area contributed by atoms with Gasteiger partial charge in [0, 0.05) is 11.6 Å². The van der Waals surface area contributed by atoms with E-state index >= 15 is 0 Å². The van der Waals surface area contributed by atoms with E-state index in [2.05, 4.69) is 9.78 Å². The molecule has 0 radical (unpaired) electrons. The van der Waals surface area contributed by atoms with E-state index in [1.54, 1.807) is 0 Å². The highest BCUT2D eigenvalue weighted by molar-refractivity contribution is 5.90. The van der Waals surface area contributed by atoms with Crippen LogP contribution in [0.1, 0.15) is 5.56 Å². The van der Waals surface area contributed by atoms with Crippen molar-refractivity contribution in [3.05, 3.63) is 23.8 Å². The summed E-state index contributed by atoms with van der Waals surface area (Å²) in [5, 5.41) is 73.2. The minimum atomic E-state index is -2.17. The highest BCUT2D eigenvalue weighted by atomic mass is 17.2. The molecule has 1 aromatic rings. The van der Waals surface area contributed by atoms with Gasteiger partial charge in [-0.05, 0) is 18.2 Å². The van der Waals surface area contributed by atoms with E-state index in [1.165, 1.54) is 0 Å². The number of hydrogen-bond acceptors (Lipinski definition) is 18. The van der Waals surface area contributed by atoms with Crippen molar-refractivity contribution in [2.45, 2.75) is 24.4 Å². The minimum absolute atomic E-state index is 0.393. The minimum Gasteiger partial charge on any atom is -0.420 e. The standard InChI is InChI=1S/C21H24O18/c22-5-10(26)18(31)35-14-3-1-9(2-4-15(30)38-39-21(34)13(29)8-25)16(36-19(32)11(27)6-23)17(14)37-20(33)12(28)7-24/h1-4,10-13,22-29H,5-8H2. The van der Waals surface area contributed by atoms with Gasteiger partial charge in [0.2, 0.25) is 5.75 Å². The molecule has 0 heterocycles. The van der Waals surface area contributed by atoms with Crippen LogP contribution in [0.4, 0.5) is 0 Å². The van der Waals surface area contributed by atoms with E-state index in [4.69, 9.17) is 39.7 Å². The number of esters is 3. The molecule has 0 fully saturated rings. The van der Waals surface area contributed by atoms with Crippen LogP contribution in [0.15, 0.2) is 18.2 Å². The van der Waals surface area contributed by atoms with Crippen LogP contribution in [0, 0.1) is 0 Å². The third-order valence-electron chi connectivity index (χ3n) is 4.11. The van der Waals surface area contributed by atoms with E-state index < -0.39 is 104 Å². The van der Waals surface area contributed by atoms with E-state index in [1.807, 2.05) is 0 Å². The second-order valence-electron chi connectivity index (χ2n) is 7.01. The Hall–Kier alpha value is -4.01. The number of benzene rings is 1. The summed E-state index contributed by atoms with van der Waals surface area (Å²) in [5.41, 5.74) is -0.393. The van der Waals surface area contributed by atoms with Gasteiger partial charge in [-0.2, -0.15) is 0 Å². The molecule has 0 bridgehead atoms. The van der Waals surface area contributed by atoms with E-state index in [0.29, 0.717) is 6.08 Å². The summed E-state index contributed by atoms with van der Waals surface area (Å²) < 4.78 is 14.6. The van der Waals surface area contributed by atoms with Gasteiger partial charge in [0.25, 0.3) is 0 Å². The summed E-state index contributed by atoms with van der Waals surface area (Å²) in [4.78, 5) is 67.4. The van der Waals surface area contributed by atoms with Crippen LogP contribution in [0.2, 0.25) is 0 Å². The molecule has 0 amide bonds. The molecule has 8 N–H and O–H groups in total. The molecule has 4 unspecified atom stereocenters. The van der Waals surface area contributed by atoms with Crippen molar-refractivity contribution in [3.8, 4) is 17.2 Å². The zero-order chi connectivity index (χ0) is 29.7. The van der Waals surface area contributed by atoms with Crippen LogP contribution in [-0.4, -0.2) is 122 Å². The molecule has 0 aliphatic rings. The molecule has 0 aliphatic carbocycles. The lowest BCUT2D eigenvalue weighted by Crippen LogP contribution is -2.32. The van der Waals surface area contributed by atoms with Crippen LogP contribution in [0.3, 0.4) is 0 Å². The van der Waals surface area contributed by atoms with Gasteiger partial charge in [-0.25, -0.2) is 33.7 Å². The lowest BCUT2D eigenvalue weighted by molar-refractivity contribution is -0.261. The summed E-state index contributed by atoms with van der Waals surface area (Å²) in [6.45, 7) is -4.42. The molecule has 0 aromatic heterocycles. The smallest absolute Gasteiger partial charge is 0.386 e. The highest BCUT2D eigenvalue weighted by Gasteiger charge is 2.29. The van der Waals surface area contributed by atoms with Crippen LogP contribution in [0.25, 0.3) is 6.08 Å². The molecule has 1 aromatic carbocycles. The predicted molar refractivity (Wildman–Crippen MR) is 117 cm³/mol. The number of ether oxygens (including phenoxy) is 3. The van der Waals surface area contributed by atoms with E-state index in [0.717, 1.165) is 18.2 Å². The first-order valence-electron chi connectivity index (χ1n) is 10.5. The topological polar surface area (TPSA) is 293 Å². The molecule has 4 atom stereocenters. The summed E-state index contributed by atoms with van der Waals surface area (Å²) in [6.07, 6.45) is -7.11. The van der Waals surface area contributed by atoms with Gasteiger partial charge in [-0.3, -0.25) is 0 Å². The highest BCUT2D eigenvalue weighted by Crippen LogP contribution is 2.42. The van der Waals surface area contributed by atoms with Gasteiger partial charge in [-0.1, -0.05) is 0 Å². The second kappa shape index (κ2) is 16.1. The SMILES string of the molecule is O=C(C=Cc1ccc(OC(=O)C(O)CO)c(OC(=O)C(O)CO)c1OC(=O)C(O)CO)OOC(=O)C(O)CO. The Morgan fingerprint density at radius 3 is 1.54 bits per heavy atom. The molecule has 0 saturated carbocycles. The fraction of sp³-hybridized carbons (Fsp3) is 0.381. The fourth-order valence-corrected chi connectivity index (χ4v) is 2.11. The Labute approximate surface area is 217 Å². The van der Waals surface area contributed by atoms with Gasteiger partial charge in [0.15, 0.2) is 35.9 Å². The third kappa shape index (κ3) is 10.00. The van der Waals surface area contributed by atoms with Crippen molar-refractivity contribution in [2.24, 2.45) is 0 Å². The van der Waals surface area contributed by atoms with Crippen molar-refractivity contribution in [1.29, 1.82) is 0 Å². The molecule has 0 spiro atoms. The summed E-state index contributed by atoms with van der Waals surface area (Å²) >= 11 is 0. The summed E-state index contributed by atoms with van der Waals surface area (Å²) in [6, 6.07) is 1.81. The number of hydrogen-bond donors (Lipinski definition) is 8. The Morgan fingerprint density at radius 1 is 0.615 bits per heavy atom. The number of carbonyl (C=O) groups excluding carboxylic acids is 5. The van der Waals surface area contributed by atoms with E-state index in [-0.39, 0.29) is 0 Å². The number of aliphatic hydroxyl groups excluding tert-OH is 8. The first-order valence-corrected chi connectivity index (χ1v) is 10.5. The Morgan fingerprint density at radius 2 is 1.05 bits per heavy atom. The average Bonchev–Trinajstić information content (AvgIpc) is 2.94. The first kappa shape index (κ1) is 33.0.